The summed E-state index contributed by atoms with van der Waals surface area (Å²) in [6, 6.07) is 28.3. The van der Waals surface area contributed by atoms with Crippen LogP contribution in [0, 0.1) is 0 Å². The number of aromatic nitrogens is 1. The molecule has 1 heterocycles. The van der Waals surface area contributed by atoms with Gasteiger partial charge in [-0.2, -0.15) is 0 Å². The van der Waals surface area contributed by atoms with Crippen molar-refractivity contribution >= 4 is 10.9 Å². The number of rotatable bonds is 4. The first-order valence-electron chi connectivity index (χ1n) is 8.18. The number of aromatic amines is 1. The van der Waals surface area contributed by atoms with Gasteiger partial charge in [0.05, 0.1) is 6.10 Å². The first-order chi connectivity index (χ1) is 11.8. The van der Waals surface area contributed by atoms with Gasteiger partial charge in [0.15, 0.2) is 0 Å². The summed E-state index contributed by atoms with van der Waals surface area (Å²) in [5.41, 5.74) is 4.25. The van der Waals surface area contributed by atoms with Crippen molar-refractivity contribution in [1.82, 2.24) is 4.98 Å². The van der Waals surface area contributed by atoms with E-state index in [9.17, 15) is 5.11 Å². The van der Waals surface area contributed by atoms with Gasteiger partial charge in [-0.3, -0.25) is 0 Å². The number of para-hydroxylation sites is 1. The van der Waals surface area contributed by atoms with Gasteiger partial charge in [-0.1, -0.05) is 78.9 Å². The lowest BCUT2D eigenvalue weighted by molar-refractivity contribution is 0.159. The maximum Gasteiger partial charge on any atom is 0.0899 e. The largest absolute Gasteiger partial charge is 0.387 e. The maximum atomic E-state index is 11.2. The lowest BCUT2D eigenvalue weighted by Crippen LogP contribution is -2.12. The fraction of sp³-hybridized carbons (Fsp3) is 0.0909. The molecule has 4 aromatic rings. The van der Waals surface area contributed by atoms with Crippen molar-refractivity contribution < 1.29 is 5.11 Å². The minimum atomic E-state index is -0.604. The van der Waals surface area contributed by atoms with Gasteiger partial charge < -0.3 is 10.1 Å². The Balaban J connectivity index is 1.88. The highest BCUT2D eigenvalue weighted by Crippen LogP contribution is 2.39. The van der Waals surface area contributed by atoms with Crippen LogP contribution in [-0.4, -0.2) is 10.1 Å². The number of benzene rings is 3. The summed E-state index contributed by atoms with van der Waals surface area (Å²) in [6.45, 7) is 0. The van der Waals surface area contributed by atoms with Gasteiger partial charge in [-0.25, -0.2) is 0 Å². The smallest absolute Gasteiger partial charge is 0.0899 e. The van der Waals surface area contributed by atoms with E-state index in [4.69, 9.17) is 0 Å². The zero-order valence-electron chi connectivity index (χ0n) is 13.3. The second-order valence-corrected chi connectivity index (χ2v) is 6.03. The molecule has 4 rings (SSSR count). The third-order valence-electron chi connectivity index (χ3n) is 4.57. The van der Waals surface area contributed by atoms with Crippen LogP contribution in [0.3, 0.4) is 0 Å². The van der Waals surface area contributed by atoms with Gasteiger partial charge in [0.2, 0.25) is 0 Å². The number of aliphatic hydroxyl groups excluding tert-OH is 1. The van der Waals surface area contributed by atoms with E-state index >= 15 is 0 Å². The minimum Gasteiger partial charge on any atom is -0.387 e. The quantitative estimate of drug-likeness (QED) is 0.544. The fourth-order valence-corrected chi connectivity index (χ4v) is 3.39. The summed E-state index contributed by atoms with van der Waals surface area (Å²) >= 11 is 0. The van der Waals surface area contributed by atoms with E-state index < -0.39 is 6.10 Å². The van der Waals surface area contributed by atoms with Crippen LogP contribution in [0.4, 0.5) is 0 Å². The Morgan fingerprint density at radius 1 is 0.667 bits per heavy atom. The molecular weight excluding hydrogens is 294 g/mol. The third-order valence-corrected chi connectivity index (χ3v) is 4.57. The van der Waals surface area contributed by atoms with Crippen LogP contribution < -0.4 is 0 Å². The van der Waals surface area contributed by atoms with Gasteiger partial charge in [-0.15, -0.1) is 0 Å². The molecule has 2 nitrogen and oxygen atoms in total. The standard InChI is InChI=1S/C22H19NO/c24-22(17-11-5-2-6-12-17)21(16-9-3-1-4-10-16)19-15-23-20-14-8-7-13-18(19)20/h1-15,21-24H/t21-,22-/m0/s1. The molecule has 0 aliphatic carbocycles. The van der Waals surface area contributed by atoms with Gasteiger partial charge in [0.25, 0.3) is 0 Å². The molecule has 2 atom stereocenters. The average Bonchev–Trinajstić information content (AvgIpc) is 3.07. The third kappa shape index (κ3) is 2.61. The van der Waals surface area contributed by atoms with Crippen LogP contribution in [0.25, 0.3) is 10.9 Å². The summed E-state index contributed by atoms with van der Waals surface area (Å²) < 4.78 is 0. The normalized spacial score (nSPS) is 13.7. The molecule has 24 heavy (non-hydrogen) atoms. The Bertz CT molecular complexity index is 928. The van der Waals surface area contributed by atoms with Crippen molar-refractivity contribution in [2.75, 3.05) is 0 Å². The molecular formula is C22H19NO. The van der Waals surface area contributed by atoms with Crippen LogP contribution in [0.1, 0.15) is 28.7 Å². The Morgan fingerprint density at radius 2 is 1.25 bits per heavy atom. The molecule has 2 heteroatoms. The predicted molar refractivity (Wildman–Crippen MR) is 98.0 cm³/mol. The molecule has 0 amide bonds. The van der Waals surface area contributed by atoms with Crippen LogP contribution in [0.15, 0.2) is 91.1 Å². The molecule has 0 saturated heterocycles. The second kappa shape index (κ2) is 6.34. The number of H-pyrrole nitrogens is 1. The van der Waals surface area contributed by atoms with E-state index in [1.165, 1.54) is 0 Å². The van der Waals surface area contributed by atoms with Crippen molar-refractivity contribution in [3.05, 3.63) is 108 Å². The highest BCUT2D eigenvalue weighted by Gasteiger charge is 2.26. The summed E-state index contributed by atoms with van der Waals surface area (Å²) in [5, 5.41) is 12.3. The van der Waals surface area contributed by atoms with Gasteiger partial charge >= 0.3 is 0 Å². The molecule has 0 saturated carbocycles. The zero-order chi connectivity index (χ0) is 16.4. The summed E-state index contributed by atoms with van der Waals surface area (Å²) in [5.74, 6) is -0.121. The molecule has 0 unspecified atom stereocenters. The summed E-state index contributed by atoms with van der Waals surface area (Å²) in [6.07, 6.45) is 1.42. The monoisotopic (exact) mass is 313 g/mol. The van der Waals surface area contributed by atoms with Crippen molar-refractivity contribution in [2.24, 2.45) is 0 Å². The van der Waals surface area contributed by atoms with Crippen LogP contribution >= 0.6 is 0 Å². The lowest BCUT2D eigenvalue weighted by atomic mass is 9.83. The molecule has 0 spiro atoms. The first-order valence-corrected chi connectivity index (χ1v) is 8.18. The Morgan fingerprint density at radius 3 is 1.96 bits per heavy atom. The number of hydrogen-bond donors (Lipinski definition) is 2. The van der Waals surface area contributed by atoms with E-state index in [-0.39, 0.29) is 5.92 Å². The molecule has 0 fully saturated rings. The second-order valence-electron chi connectivity index (χ2n) is 6.03. The molecule has 0 bridgehead atoms. The molecule has 118 valence electrons. The van der Waals surface area contributed by atoms with E-state index in [0.717, 1.165) is 27.6 Å². The molecule has 0 radical (unpaired) electrons. The van der Waals surface area contributed by atoms with Gasteiger partial charge in [-0.05, 0) is 22.8 Å². The molecule has 0 aliphatic heterocycles. The van der Waals surface area contributed by atoms with Crippen LogP contribution in [0.5, 0.6) is 0 Å². The molecule has 3 aromatic carbocycles. The van der Waals surface area contributed by atoms with Crippen LogP contribution in [-0.2, 0) is 0 Å². The number of aliphatic hydroxyl groups is 1. The highest BCUT2D eigenvalue weighted by molar-refractivity contribution is 5.84. The topological polar surface area (TPSA) is 36.0 Å². The zero-order valence-corrected chi connectivity index (χ0v) is 13.3. The number of nitrogens with one attached hydrogen (secondary N) is 1. The maximum absolute atomic E-state index is 11.2. The highest BCUT2D eigenvalue weighted by atomic mass is 16.3. The average molecular weight is 313 g/mol. The lowest BCUT2D eigenvalue weighted by Gasteiger charge is -2.24. The van der Waals surface area contributed by atoms with Crippen molar-refractivity contribution in [3.63, 3.8) is 0 Å². The molecule has 0 aliphatic rings. The SMILES string of the molecule is O[C@@H](c1ccccc1)[C@@H](c1ccccc1)c1c[nH]c2ccccc12. The van der Waals surface area contributed by atoms with Gasteiger partial charge in [0, 0.05) is 23.0 Å². The number of fused-ring (bicyclic) bond motifs is 1. The van der Waals surface area contributed by atoms with Crippen molar-refractivity contribution in [3.8, 4) is 0 Å². The Labute approximate surface area is 141 Å². The minimum absolute atomic E-state index is 0.121. The van der Waals surface area contributed by atoms with E-state index in [1.54, 1.807) is 0 Å². The summed E-state index contributed by atoms with van der Waals surface area (Å²) in [7, 11) is 0. The predicted octanol–water partition coefficient (Wildman–Crippen LogP) is 5.03. The first kappa shape index (κ1) is 14.7. The molecule has 2 N–H and O–H groups in total. The summed E-state index contributed by atoms with van der Waals surface area (Å²) in [4.78, 5) is 3.33. The van der Waals surface area contributed by atoms with Gasteiger partial charge in [0.1, 0.15) is 0 Å². The van der Waals surface area contributed by atoms with E-state index in [0.29, 0.717) is 0 Å². The van der Waals surface area contributed by atoms with Crippen molar-refractivity contribution in [1.29, 1.82) is 0 Å². The number of hydrogen-bond acceptors (Lipinski definition) is 1. The van der Waals surface area contributed by atoms with E-state index in [2.05, 4.69) is 29.2 Å². The Hall–Kier alpha value is -2.84. The van der Waals surface area contributed by atoms with E-state index in [1.807, 2.05) is 66.9 Å². The molecule has 1 aromatic heterocycles. The fourth-order valence-electron chi connectivity index (χ4n) is 3.39. The Kier molecular flexibility index (Phi) is 3.89. The van der Waals surface area contributed by atoms with Crippen molar-refractivity contribution in [2.45, 2.75) is 12.0 Å². The van der Waals surface area contributed by atoms with Crippen LogP contribution in [0.2, 0.25) is 0 Å².